The van der Waals surface area contributed by atoms with Crippen molar-refractivity contribution >= 4 is 23.0 Å². The third kappa shape index (κ3) is 3.52. The summed E-state index contributed by atoms with van der Waals surface area (Å²) in [4.78, 5) is 14.4. The second-order valence-corrected chi connectivity index (χ2v) is 6.58. The summed E-state index contributed by atoms with van der Waals surface area (Å²) in [5.74, 6) is 0. The highest BCUT2D eigenvalue weighted by Gasteiger charge is 2.27. The largest absolute Gasteiger partial charge is 0.359 e. The first-order chi connectivity index (χ1) is 11.6. The number of nitro groups is 1. The molecule has 5 nitrogen and oxygen atoms in total. The van der Waals surface area contributed by atoms with Gasteiger partial charge in [0.2, 0.25) is 0 Å². The first kappa shape index (κ1) is 16.7. The van der Waals surface area contributed by atoms with E-state index in [-0.39, 0.29) is 16.7 Å². The number of hydrogen-bond donors (Lipinski definition) is 1. The van der Waals surface area contributed by atoms with Gasteiger partial charge in [-0.3, -0.25) is 10.1 Å². The molecule has 0 radical (unpaired) electrons. The molecule has 1 atom stereocenters. The molecule has 0 bridgehead atoms. The molecule has 126 valence electrons. The van der Waals surface area contributed by atoms with Crippen molar-refractivity contribution in [1.29, 1.82) is 0 Å². The van der Waals surface area contributed by atoms with Crippen molar-refractivity contribution < 1.29 is 9.82 Å². The van der Waals surface area contributed by atoms with E-state index in [2.05, 4.69) is 17.9 Å². The summed E-state index contributed by atoms with van der Waals surface area (Å²) in [5.41, 5.74) is 2.26. The van der Waals surface area contributed by atoms with Crippen LogP contribution in [0.3, 0.4) is 0 Å². The number of para-hydroxylation sites is 1. The topological polar surface area (TPSA) is 50.8 Å². The minimum Gasteiger partial charge on any atom is -0.359 e. The molecule has 3 rings (SSSR count). The SMILES string of the molecule is C[C@H](c1cccc([N+](=O)[O-])c1)[NH+]1CCN(c2ccccc2Cl)CC1. The Hall–Kier alpha value is -2.11. The van der Waals surface area contributed by atoms with Crippen LogP contribution in [-0.2, 0) is 0 Å². The molecule has 1 fully saturated rings. The van der Waals surface area contributed by atoms with Gasteiger partial charge in [-0.25, -0.2) is 0 Å². The molecule has 0 aliphatic carbocycles. The van der Waals surface area contributed by atoms with Gasteiger partial charge in [0.15, 0.2) is 0 Å². The third-order valence-corrected chi connectivity index (χ3v) is 5.11. The third-order valence-electron chi connectivity index (χ3n) is 4.79. The summed E-state index contributed by atoms with van der Waals surface area (Å²) in [6, 6.07) is 15.1. The Morgan fingerprint density at radius 3 is 2.54 bits per heavy atom. The van der Waals surface area contributed by atoms with E-state index in [1.54, 1.807) is 18.2 Å². The van der Waals surface area contributed by atoms with Crippen LogP contribution >= 0.6 is 11.6 Å². The normalized spacial score (nSPS) is 16.8. The van der Waals surface area contributed by atoms with Gasteiger partial charge in [0.25, 0.3) is 5.69 Å². The maximum Gasteiger partial charge on any atom is 0.269 e. The molecule has 1 heterocycles. The van der Waals surface area contributed by atoms with E-state index in [0.29, 0.717) is 0 Å². The van der Waals surface area contributed by atoms with E-state index >= 15 is 0 Å². The van der Waals surface area contributed by atoms with E-state index in [9.17, 15) is 10.1 Å². The predicted octanol–water partition coefficient (Wildman–Crippen LogP) is 2.71. The Kier molecular flexibility index (Phi) is 5.02. The van der Waals surface area contributed by atoms with E-state index in [0.717, 1.165) is 42.5 Å². The summed E-state index contributed by atoms with van der Waals surface area (Å²) in [6.07, 6.45) is 0. The van der Waals surface area contributed by atoms with Gasteiger partial charge >= 0.3 is 0 Å². The Morgan fingerprint density at radius 1 is 1.17 bits per heavy atom. The second kappa shape index (κ2) is 7.20. The molecular weight excluding hydrogens is 326 g/mol. The maximum atomic E-state index is 11.0. The highest BCUT2D eigenvalue weighted by molar-refractivity contribution is 6.33. The molecule has 0 saturated carbocycles. The van der Waals surface area contributed by atoms with Gasteiger partial charge < -0.3 is 9.80 Å². The fourth-order valence-corrected chi connectivity index (χ4v) is 3.57. The van der Waals surface area contributed by atoms with Crippen LogP contribution in [-0.4, -0.2) is 31.1 Å². The predicted molar refractivity (Wildman–Crippen MR) is 95.9 cm³/mol. The molecule has 6 heteroatoms. The standard InChI is InChI=1S/C18H20ClN3O2/c1-14(15-5-4-6-16(13-15)22(23)24)20-9-11-21(12-10-20)18-8-3-2-7-17(18)19/h2-8,13-14H,9-12H2,1H3/p+1/t14-/m1/s1. The van der Waals surface area contributed by atoms with E-state index < -0.39 is 0 Å². The number of halogens is 1. The number of benzene rings is 2. The zero-order chi connectivity index (χ0) is 17.1. The zero-order valence-electron chi connectivity index (χ0n) is 13.6. The van der Waals surface area contributed by atoms with Gasteiger partial charge in [-0.1, -0.05) is 35.9 Å². The Bertz CT molecular complexity index is 730. The van der Waals surface area contributed by atoms with Crippen LogP contribution in [0.25, 0.3) is 0 Å². The lowest BCUT2D eigenvalue weighted by molar-refractivity contribution is -0.930. The molecule has 2 aromatic rings. The van der Waals surface area contributed by atoms with Gasteiger partial charge in [0.1, 0.15) is 6.04 Å². The van der Waals surface area contributed by atoms with Crippen LogP contribution in [0.4, 0.5) is 11.4 Å². The molecule has 1 N–H and O–H groups in total. The van der Waals surface area contributed by atoms with Crippen LogP contribution in [0.2, 0.25) is 5.02 Å². The van der Waals surface area contributed by atoms with Crippen molar-refractivity contribution in [2.45, 2.75) is 13.0 Å². The van der Waals surface area contributed by atoms with Crippen LogP contribution in [0.15, 0.2) is 48.5 Å². The zero-order valence-corrected chi connectivity index (χ0v) is 14.4. The first-order valence-corrected chi connectivity index (χ1v) is 8.52. The van der Waals surface area contributed by atoms with Crippen LogP contribution < -0.4 is 9.80 Å². The fraction of sp³-hybridized carbons (Fsp3) is 0.333. The number of non-ortho nitro benzene ring substituents is 1. The van der Waals surface area contributed by atoms with Crippen molar-refractivity contribution in [3.8, 4) is 0 Å². The summed E-state index contributed by atoms with van der Waals surface area (Å²) in [7, 11) is 0. The van der Waals surface area contributed by atoms with Crippen molar-refractivity contribution in [2.75, 3.05) is 31.1 Å². The molecule has 1 aliphatic rings. The highest BCUT2D eigenvalue weighted by Crippen LogP contribution is 2.25. The van der Waals surface area contributed by atoms with Crippen molar-refractivity contribution in [2.24, 2.45) is 0 Å². The minimum atomic E-state index is -0.332. The molecule has 2 aromatic carbocycles. The van der Waals surface area contributed by atoms with E-state index in [1.165, 1.54) is 4.90 Å². The molecule has 24 heavy (non-hydrogen) atoms. The number of piperazine rings is 1. The minimum absolute atomic E-state index is 0.161. The maximum absolute atomic E-state index is 11.0. The van der Waals surface area contributed by atoms with Crippen LogP contribution in [0, 0.1) is 10.1 Å². The highest BCUT2D eigenvalue weighted by atomic mass is 35.5. The Balaban J connectivity index is 1.67. The molecule has 1 aliphatic heterocycles. The Labute approximate surface area is 146 Å². The molecule has 0 aromatic heterocycles. The van der Waals surface area contributed by atoms with E-state index in [1.807, 2.05) is 24.3 Å². The van der Waals surface area contributed by atoms with Crippen molar-refractivity contribution in [3.05, 3.63) is 69.2 Å². The van der Waals surface area contributed by atoms with Gasteiger partial charge in [-0.15, -0.1) is 0 Å². The molecule has 0 spiro atoms. The second-order valence-electron chi connectivity index (χ2n) is 6.17. The smallest absolute Gasteiger partial charge is 0.269 e. The number of rotatable bonds is 4. The number of hydrogen-bond acceptors (Lipinski definition) is 3. The number of anilines is 1. The molecule has 0 unspecified atom stereocenters. The van der Waals surface area contributed by atoms with Crippen LogP contribution in [0.5, 0.6) is 0 Å². The molecule has 1 saturated heterocycles. The average molecular weight is 347 g/mol. The van der Waals surface area contributed by atoms with Crippen molar-refractivity contribution in [3.63, 3.8) is 0 Å². The summed E-state index contributed by atoms with van der Waals surface area (Å²) in [6.45, 7) is 5.96. The number of nitrogens with zero attached hydrogens (tertiary/aromatic N) is 2. The lowest BCUT2D eigenvalue weighted by Gasteiger charge is -2.37. The van der Waals surface area contributed by atoms with Gasteiger partial charge in [0.05, 0.1) is 41.8 Å². The molecular formula is C18H21ClN3O2+. The first-order valence-electron chi connectivity index (χ1n) is 8.14. The summed E-state index contributed by atoms with van der Waals surface area (Å²) in [5, 5.41) is 11.7. The monoisotopic (exact) mass is 346 g/mol. The summed E-state index contributed by atoms with van der Waals surface area (Å²) >= 11 is 6.29. The number of nitrogens with one attached hydrogen (secondary N) is 1. The van der Waals surface area contributed by atoms with Gasteiger partial charge in [-0.2, -0.15) is 0 Å². The van der Waals surface area contributed by atoms with E-state index in [4.69, 9.17) is 11.6 Å². The fourth-order valence-electron chi connectivity index (χ4n) is 3.32. The quantitative estimate of drug-likeness (QED) is 0.684. The summed E-state index contributed by atoms with van der Waals surface area (Å²) < 4.78 is 0. The number of nitro benzene ring substituents is 1. The number of quaternary nitrogens is 1. The van der Waals surface area contributed by atoms with Crippen molar-refractivity contribution in [1.82, 2.24) is 0 Å². The van der Waals surface area contributed by atoms with Crippen LogP contribution in [0.1, 0.15) is 18.5 Å². The van der Waals surface area contributed by atoms with Gasteiger partial charge in [-0.05, 0) is 19.1 Å². The molecule has 0 amide bonds. The lowest BCUT2D eigenvalue weighted by Crippen LogP contribution is -3.14. The van der Waals surface area contributed by atoms with Gasteiger partial charge in [0, 0.05) is 17.7 Å². The lowest BCUT2D eigenvalue weighted by atomic mass is 10.1. The Morgan fingerprint density at radius 2 is 1.88 bits per heavy atom. The average Bonchev–Trinajstić information content (AvgIpc) is 2.62.